The number of carbonyl (C=O) groups excluding carboxylic acids is 1. The summed E-state index contributed by atoms with van der Waals surface area (Å²) in [6.45, 7) is 3.50. The van der Waals surface area contributed by atoms with E-state index in [1.807, 2.05) is 31.2 Å². The molecule has 0 spiro atoms. The SMILES string of the molecule is CC(=O)Nc1cccc(C(C)Nc2ncc(Br)cn2)c1. The zero-order chi connectivity index (χ0) is 14.5. The quantitative estimate of drug-likeness (QED) is 0.899. The van der Waals surface area contributed by atoms with Gasteiger partial charge in [-0.25, -0.2) is 9.97 Å². The average molecular weight is 335 g/mol. The Morgan fingerprint density at radius 2 is 2.00 bits per heavy atom. The lowest BCUT2D eigenvalue weighted by atomic mass is 10.1. The molecule has 2 aromatic rings. The molecule has 1 aromatic heterocycles. The predicted octanol–water partition coefficient (Wildman–Crippen LogP) is 3.37. The fourth-order valence-electron chi connectivity index (χ4n) is 1.75. The van der Waals surface area contributed by atoms with Crippen LogP contribution in [0.25, 0.3) is 0 Å². The second kappa shape index (κ2) is 6.47. The lowest BCUT2D eigenvalue weighted by Crippen LogP contribution is -2.10. The molecule has 0 aliphatic rings. The molecular formula is C14H15BrN4O. The summed E-state index contributed by atoms with van der Waals surface area (Å²) < 4.78 is 0.836. The fourth-order valence-corrected chi connectivity index (χ4v) is 1.96. The van der Waals surface area contributed by atoms with Crippen LogP contribution in [-0.4, -0.2) is 15.9 Å². The van der Waals surface area contributed by atoms with Gasteiger partial charge in [-0.05, 0) is 40.5 Å². The van der Waals surface area contributed by atoms with E-state index in [2.05, 4.69) is 36.5 Å². The molecule has 2 rings (SSSR count). The van der Waals surface area contributed by atoms with E-state index in [0.29, 0.717) is 5.95 Å². The summed E-state index contributed by atoms with van der Waals surface area (Å²) in [7, 11) is 0. The molecule has 1 heterocycles. The van der Waals surface area contributed by atoms with Crippen LogP contribution in [0, 0.1) is 0 Å². The Morgan fingerprint density at radius 1 is 1.30 bits per heavy atom. The van der Waals surface area contributed by atoms with Gasteiger partial charge in [0.1, 0.15) is 0 Å². The number of nitrogens with zero attached hydrogens (tertiary/aromatic N) is 2. The van der Waals surface area contributed by atoms with Gasteiger partial charge >= 0.3 is 0 Å². The molecule has 0 saturated heterocycles. The maximum atomic E-state index is 11.1. The molecule has 6 heteroatoms. The van der Waals surface area contributed by atoms with Crippen LogP contribution in [0.15, 0.2) is 41.1 Å². The van der Waals surface area contributed by atoms with Gasteiger partial charge in [-0.1, -0.05) is 12.1 Å². The lowest BCUT2D eigenvalue weighted by Gasteiger charge is -2.15. The van der Waals surface area contributed by atoms with E-state index in [4.69, 9.17) is 0 Å². The standard InChI is InChI=1S/C14H15BrN4O/c1-9(18-14-16-7-12(15)8-17-14)11-4-3-5-13(6-11)19-10(2)20/h3-9H,1-2H3,(H,19,20)(H,16,17,18). The van der Waals surface area contributed by atoms with Gasteiger partial charge in [0.15, 0.2) is 0 Å². The number of aromatic nitrogens is 2. The highest BCUT2D eigenvalue weighted by atomic mass is 79.9. The third-order valence-electron chi connectivity index (χ3n) is 2.67. The van der Waals surface area contributed by atoms with Gasteiger partial charge in [-0.15, -0.1) is 0 Å². The minimum Gasteiger partial charge on any atom is -0.348 e. The third-order valence-corrected chi connectivity index (χ3v) is 3.08. The van der Waals surface area contributed by atoms with E-state index in [1.54, 1.807) is 12.4 Å². The Bertz CT molecular complexity index is 600. The lowest BCUT2D eigenvalue weighted by molar-refractivity contribution is -0.114. The first kappa shape index (κ1) is 14.5. The van der Waals surface area contributed by atoms with Gasteiger partial charge in [0.25, 0.3) is 0 Å². The van der Waals surface area contributed by atoms with Crippen LogP contribution >= 0.6 is 15.9 Å². The van der Waals surface area contributed by atoms with Gasteiger partial charge in [0.2, 0.25) is 11.9 Å². The van der Waals surface area contributed by atoms with E-state index in [9.17, 15) is 4.79 Å². The smallest absolute Gasteiger partial charge is 0.223 e. The van der Waals surface area contributed by atoms with Gasteiger partial charge < -0.3 is 10.6 Å². The van der Waals surface area contributed by atoms with Crippen molar-refractivity contribution in [3.8, 4) is 0 Å². The Morgan fingerprint density at radius 3 is 2.65 bits per heavy atom. The summed E-state index contributed by atoms with van der Waals surface area (Å²) in [6.07, 6.45) is 3.38. The first-order chi connectivity index (χ1) is 9.54. The highest BCUT2D eigenvalue weighted by molar-refractivity contribution is 9.10. The number of benzene rings is 1. The largest absolute Gasteiger partial charge is 0.348 e. The second-order valence-corrected chi connectivity index (χ2v) is 5.31. The van der Waals surface area contributed by atoms with Crippen molar-refractivity contribution in [2.24, 2.45) is 0 Å². The predicted molar refractivity (Wildman–Crippen MR) is 82.5 cm³/mol. The second-order valence-electron chi connectivity index (χ2n) is 4.40. The van der Waals surface area contributed by atoms with E-state index < -0.39 is 0 Å². The molecule has 1 aromatic carbocycles. The van der Waals surface area contributed by atoms with Gasteiger partial charge in [-0.2, -0.15) is 0 Å². The van der Waals surface area contributed by atoms with Crippen molar-refractivity contribution in [1.82, 2.24) is 9.97 Å². The summed E-state index contributed by atoms with van der Waals surface area (Å²) >= 11 is 3.30. The Labute approximate surface area is 126 Å². The van der Waals surface area contributed by atoms with Gasteiger partial charge in [0, 0.05) is 25.0 Å². The van der Waals surface area contributed by atoms with Crippen molar-refractivity contribution in [2.75, 3.05) is 10.6 Å². The molecule has 1 unspecified atom stereocenters. The number of hydrogen-bond acceptors (Lipinski definition) is 4. The van der Waals surface area contributed by atoms with Crippen molar-refractivity contribution in [2.45, 2.75) is 19.9 Å². The maximum Gasteiger partial charge on any atom is 0.223 e. The van der Waals surface area contributed by atoms with Crippen LogP contribution in [0.3, 0.4) is 0 Å². The van der Waals surface area contributed by atoms with E-state index in [1.165, 1.54) is 6.92 Å². The Hall–Kier alpha value is -1.95. The molecule has 2 N–H and O–H groups in total. The van der Waals surface area contributed by atoms with Gasteiger partial charge in [0.05, 0.1) is 10.5 Å². The normalized spacial score (nSPS) is 11.8. The van der Waals surface area contributed by atoms with E-state index in [-0.39, 0.29) is 11.9 Å². The van der Waals surface area contributed by atoms with Crippen LogP contribution < -0.4 is 10.6 Å². The van der Waals surface area contributed by atoms with Crippen molar-refractivity contribution in [3.63, 3.8) is 0 Å². The van der Waals surface area contributed by atoms with Crippen LogP contribution in [-0.2, 0) is 4.79 Å². The minimum absolute atomic E-state index is 0.0323. The molecule has 0 aliphatic carbocycles. The molecule has 1 amide bonds. The number of anilines is 2. The molecule has 1 atom stereocenters. The highest BCUT2D eigenvalue weighted by Gasteiger charge is 2.08. The number of carbonyl (C=O) groups is 1. The van der Waals surface area contributed by atoms with Gasteiger partial charge in [-0.3, -0.25) is 4.79 Å². The highest BCUT2D eigenvalue weighted by Crippen LogP contribution is 2.20. The molecular weight excluding hydrogens is 320 g/mol. The molecule has 20 heavy (non-hydrogen) atoms. The number of nitrogens with one attached hydrogen (secondary N) is 2. The Balaban J connectivity index is 2.10. The third kappa shape index (κ3) is 4.03. The van der Waals surface area contributed by atoms with Crippen molar-refractivity contribution in [1.29, 1.82) is 0 Å². The maximum absolute atomic E-state index is 11.1. The summed E-state index contributed by atoms with van der Waals surface area (Å²) in [5, 5.41) is 5.98. The van der Waals surface area contributed by atoms with Crippen LogP contribution in [0.2, 0.25) is 0 Å². The van der Waals surface area contributed by atoms with E-state index >= 15 is 0 Å². The molecule has 104 valence electrons. The van der Waals surface area contributed by atoms with Crippen molar-refractivity contribution >= 4 is 33.5 Å². The van der Waals surface area contributed by atoms with Crippen LogP contribution in [0.1, 0.15) is 25.5 Å². The first-order valence-corrected chi connectivity index (χ1v) is 6.95. The summed E-state index contributed by atoms with van der Waals surface area (Å²) in [6, 6.07) is 7.71. The molecule has 0 radical (unpaired) electrons. The number of halogens is 1. The Kier molecular flexibility index (Phi) is 4.68. The van der Waals surface area contributed by atoms with Crippen molar-refractivity contribution in [3.05, 3.63) is 46.7 Å². The molecule has 0 fully saturated rings. The zero-order valence-corrected chi connectivity index (χ0v) is 12.8. The minimum atomic E-state index is -0.0843. The molecule has 5 nitrogen and oxygen atoms in total. The summed E-state index contributed by atoms with van der Waals surface area (Å²) in [5.41, 5.74) is 1.82. The number of amides is 1. The zero-order valence-electron chi connectivity index (χ0n) is 11.2. The molecule has 0 bridgehead atoms. The van der Waals surface area contributed by atoms with Crippen LogP contribution in [0.5, 0.6) is 0 Å². The van der Waals surface area contributed by atoms with E-state index in [0.717, 1.165) is 15.7 Å². The summed E-state index contributed by atoms with van der Waals surface area (Å²) in [4.78, 5) is 19.4. The molecule has 0 aliphatic heterocycles. The number of rotatable bonds is 4. The average Bonchev–Trinajstić information content (AvgIpc) is 2.41. The van der Waals surface area contributed by atoms with Crippen LogP contribution in [0.4, 0.5) is 11.6 Å². The van der Waals surface area contributed by atoms with Crippen molar-refractivity contribution < 1.29 is 4.79 Å². The fraction of sp³-hybridized carbons (Fsp3) is 0.214. The number of hydrogen-bond donors (Lipinski definition) is 2. The first-order valence-electron chi connectivity index (χ1n) is 6.16. The summed E-state index contributed by atoms with van der Waals surface area (Å²) in [5.74, 6) is 0.477. The monoisotopic (exact) mass is 334 g/mol. The molecule has 0 saturated carbocycles. The topological polar surface area (TPSA) is 66.9 Å².